The van der Waals surface area contributed by atoms with Gasteiger partial charge in [-0.15, -0.1) is 0 Å². The predicted molar refractivity (Wildman–Crippen MR) is 90.4 cm³/mol. The molecule has 1 aliphatic rings. The van der Waals surface area contributed by atoms with E-state index in [1.807, 2.05) is 12.1 Å². The molecule has 4 heteroatoms. The summed E-state index contributed by atoms with van der Waals surface area (Å²) in [6.45, 7) is 12.5. The highest BCUT2D eigenvalue weighted by molar-refractivity contribution is 5.73. The molecule has 0 spiro atoms. The second-order valence-corrected chi connectivity index (χ2v) is 7.88. The Labute approximate surface area is 133 Å². The number of amidine groups is 1. The summed E-state index contributed by atoms with van der Waals surface area (Å²) in [7, 11) is 0. The molecule has 4 nitrogen and oxygen atoms in total. The SMILES string of the molecule is CC(C)(C)CC(C)(C)c1ccc(OC[C@H]2CN=C(N)O2)cc1. The number of aliphatic imine (C=N–C) groups is 1. The van der Waals surface area contributed by atoms with E-state index >= 15 is 0 Å². The average molecular weight is 304 g/mol. The molecule has 0 amide bonds. The predicted octanol–water partition coefficient (Wildman–Crippen LogP) is 3.49. The fraction of sp³-hybridized carbons (Fsp3) is 0.611. The van der Waals surface area contributed by atoms with Gasteiger partial charge in [-0.1, -0.05) is 46.8 Å². The van der Waals surface area contributed by atoms with E-state index in [0.717, 1.165) is 12.2 Å². The van der Waals surface area contributed by atoms with Crippen LogP contribution >= 0.6 is 0 Å². The maximum atomic E-state index is 5.75. The third-order valence-corrected chi connectivity index (χ3v) is 3.78. The van der Waals surface area contributed by atoms with Gasteiger partial charge in [-0.05, 0) is 34.9 Å². The first-order valence-corrected chi connectivity index (χ1v) is 7.86. The summed E-state index contributed by atoms with van der Waals surface area (Å²) >= 11 is 0. The zero-order chi connectivity index (χ0) is 16.4. The number of ether oxygens (including phenoxy) is 2. The number of nitrogens with two attached hydrogens (primary N) is 1. The molecule has 2 rings (SSSR count). The van der Waals surface area contributed by atoms with Gasteiger partial charge < -0.3 is 15.2 Å². The lowest BCUT2D eigenvalue weighted by Crippen LogP contribution is -2.25. The van der Waals surface area contributed by atoms with E-state index in [2.05, 4.69) is 51.7 Å². The molecular weight excluding hydrogens is 276 g/mol. The van der Waals surface area contributed by atoms with E-state index in [0.29, 0.717) is 18.6 Å². The van der Waals surface area contributed by atoms with Gasteiger partial charge in [-0.3, -0.25) is 0 Å². The summed E-state index contributed by atoms with van der Waals surface area (Å²) in [4.78, 5) is 4.00. The maximum absolute atomic E-state index is 5.75. The summed E-state index contributed by atoms with van der Waals surface area (Å²) in [6.07, 6.45) is 1.06. The molecule has 0 saturated carbocycles. The van der Waals surface area contributed by atoms with Crippen molar-refractivity contribution in [1.82, 2.24) is 0 Å². The van der Waals surface area contributed by atoms with Crippen LogP contribution in [0.15, 0.2) is 29.3 Å². The van der Waals surface area contributed by atoms with Crippen molar-refractivity contribution < 1.29 is 9.47 Å². The molecule has 0 bridgehead atoms. The zero-order valence-electron chi connectivity index (χ0n) is 14.3. The molecule has 1 atom stereocenters. The van der Waals surface area contributed by atoms with E-state index in [4.69, 9.17) is 15.2 Å². The molecule has 1 aromatic carbocycles. The van der Waals surface area contributed by atoms with Gasteiger partial charge >= 0.3 is 0 Å². The van der Waals surface area contributed by atoms with Gasteiger partial charge in [-0.2, -0.15) is 0 Å². The van der Waals surface area contributed by atoms with Crippen LogP contribution < -0.4 is 10.5 Å². The molecule has 0 saturated heterocycles. The van der Waals surface area contributed by atoms with E-state index in [1.165, 1.54) is 5.56 Å². The minimum Gasteiger partial charge on any atom is -0.490 e. The molecule has 0 aromatic heterocycles. The lowest BCUT2D eigenvalue weighted by molar-refractivity contribution is 0.141. The Kier molecular flexibility index (Phi) is 4.69. The largest absolute Gasteiger partial charge is 0.490 e. The van der Waals surface area contributed by atoms with E-state index in [9.17, 15) is 0 Å². The van der Waals surface area contributed by atoms with Crippen LogP contribution in [-0.4, -0.2) is 25.3 Å². The summed E-state index contributed by atoms with van der Waals surface area (Å²) in [5, 5.41) is 0. The van der Waals surface area contributed by atoms with Crippen LogP contribution in [0.3, 0.4) is 0 Å². The molecular formula is C18H28N2O2. The van der Waals surface area contributed by atoms with Gasteiger partial charge in [0.1, 0.15) is 12.4 Å². The quantitative estimate of drug-likeness (QED) is 0.906. The third-order valence-electron chi connectivity index (χ3n) is 3.78. The normalized spacial score (nSPS) is 18.8. The minimum atomic E-state index is -0.0722. The van der Waals surface area contributed by atoms with Crippen LogP contribution in [-0.2, 0) is 10.2 Å². The van der Waals surface area contributed by atoms with Crippen molar-refractivity contribution in [2.45, 2.75) is 52.6 Å². The number of rotatable bonds is 5. The Balaban J connectivity index is 1.92. The highest BCUT2D eigenvalue weighted by Crippen LogP contribution is 2.36. The van der Waals surface area contributed by atoms with Gasteiger partial charge in [0.25, 0.3) is 6.02 Å². The minimum absolute atomic E-state index is 0.0722. The summed E-state index contributed by atoms with van der Waals surface area (Å²) in [5.74, 6) is 0.851. The van der Waals surface area contributed by atoms with Crippen molar-refractivity contribution in [1.29, 1.82) is 0 Å². The van der Waals surface area contributed by atoms with Crippen molar-refractivity contribution in [3.8, 4) is 5.75 Å². The third kappa shape index (κ3) is 4.65. The van der Waals surface area contributed by atoms with Gasteiger partial charge in [0.2, 0.25) is 0 Å². The smallest absolute Gasteiger partial charge is 0.282 e. The van der Waals surface area contributed by atoms with E-state index in [-0.39, 0.29) is 17.5 Å². The summed E-state index contributed by atoms with van der Waals surface area (Å²) in [6, 6.07) is 8.62. The van der Waals surface area contributed by atoms with Crippen molar-refractivity contribution in [2.75, 3.05) is 13.2 Å². The Morgan fingerprint density at radius 2 is 1.82 bits per heavy atom. The van der Waals surface area contributed by atoms with Crippen LogP contribution in [0.1, 0.15) is 46.6 Å². The Morgan fingerprint density at radius 3 is 2.32 bits per heavy atom. The van der Waals surface area contributed by atoms with E-state index in [1.54, 1.807) is 0 Å². The van der Waals surface area contributed by atoms with Gasteiger partial charge in [0.05, 0.1) is 6.54 Å². The van der Waals surface area contributed by atoms with Gasteiger partial charge in [0.15, 0.2) is 6.10 Å². The highest BCUT2D eigenvalue weighted by atomic mass is 16.5. The second-order valence-electron chi connectivity index (χ2n) is 7.88. The van der Waals surface area contributed by atoms with Crippen LogP contribution in [0, 0.1) is 5.41 Å². The van der Waals surface area contributed by atoms with E-state index < -0.39 is 0 Å². The van der Waals surface area contributed by atoms with Crippen molar-refractivity contribution in [3.05, 3.63) is 29.8 Å². The zero-order valence-corrected chi connectivity index (χ0v) is 14.3. The van der Waals surface area contributed by atoms with Crippen molar-refractivity contribution in [3.63, 3.8) is 0 Å². The molecule has 0 unspecified atom stereocenters. The maximum Gasteiger partial charge on any atom is 0.282 e. The number of hydrogen-bond acceptors (Lipinski definition) is 4. The summed E-state index contributed by atoms with van der Waals surface area (Å²) in [5.41, 5.74) is 7.27. The second kappa shape index (κ2) is 6.19. The van der Waals surface area contributed by atoms with Crippen molar-refractivity contribution in [2.24, 2.45) is 16.1 Å². The van der Waals surface area contributed by atoms with Crippen molar-refractivity contribution >= 4 is 6.02 Å². The van der Waals surface area contributed by atoms with Crippen LogP contribution in [0.2, 0.25) is 0 Å². The fourth-order valence-electron chi connectivity index (χ4n) is 3.14. The molecule has 1 heterocycles. The molecule has 0 radical (unpaired) electrons. The molecule has 1 aliphatic heterocycles. The monoisotopic (exact) mass is 304 g/mol. The number of hydrogen-bond donors (Lipinski definition) is 1. The topological polar surface area (TPSA) is 56.8 Å². The van der Waals surface area contributed by atoms with Gasteiger partial charge in [-0.25, -0.2) is 4.99 Å². The first-order valence-electron chi connectivity index (χ1n) is 7.86. The molecule has 1 aromatic rings. The average Bonchev–Trinajstić information content (AvgIpc) is 2.80. The lowest BCUT2D eigenvalue weighted by atomic mass is 9.72. The highest BCUT2D eigenvalue weighted by Gasteiger charge is 2.27. The first-order chi connectivity index (χ1) is 10.2. The van der Waals surface area contributed by atoms with Crippen LogP contribution in [0.4, 0.5) is 0 Å². The fourth-order valence-corrected chi connectivity index (χ4v) is 3.14. The lowest BCUT2D eigenvalue weighted by Gasteiger charge is -2.33. The van der Waals surface area contributed by atoms with Crippen LogP contribution in [0.25, 0.3) is 0 Å². The van der Waals surface area contributed by atoms with Gasteiger partial charge in [0, 0.05) is 0 Å². The Hall–Kier alpha value is -1.71. The molecule has 0 fully saturated rings. The molecule has 22 heavy (non-hydrogen) atoms. The summed E-state index contributed by atoms with van der Waals surface area (Å²) < 4.78 is 11.1. The number of nitrogens with zero attached hydrogens (tertiary/aromatic N) is 1. The molecule has 122 valence electrons. The first kappa shape index (κ1) is 16.7. The molecule has 0 aliphatic carbocycles. The van der Waals surface area contributed by atoms with Crippen LogP contribution in [0.5, 0.6) is 5.75 Å². The Bertz CT molecular complexity index is 527. The number of benzene rings is 1. The standard InChI is InChI=1S/C18H28N2O2/c1-17(2,3)12-18(4,5)13-6-8-14(9-7-13)21-11-15-10-20-16(19)22-15/h6-9,15H,10-12H2,1-5H3,(H2,19,20)/t15-/m1/s1. The molecule has 2 N–H and O–H groups in total. The Morgan fingerprint density at radius 1 is 1.18 bits per heavy atom.